The minimum absolute atomic E-state index is 0.0971. The normalized spacial score (nSPS) is 11.5. The average Bonchev–Trinajstić information content (AvgIpc) is 2.73. The Hall–Kier alpha value is -2.53. The zero-order valence-electron chi connectivity index (χ0n) is 15.9. The third kappa shape index (κ3) is 4.08. The van der Waals surface area contributed by atoms with Gasteiger partial charge >= 0.3 is 0 Å². The van der Waals surface area contributed by atoms with Crippen LogP contribution in [0.2, 0.25) is 0 Å². The molecule has 0 radical (unpaired) electrons. The minimum atomic E-state index is -3.21. The zero-order valence-corrected chi connectivity index (χ0v) is 16.8. The molecule has 0 N–H and O–H groups in total. The lowest BCUT2D eigenvalue weighted by molar-refractivity contribution is 0.597. The molecule has 3 rings (SSSR count). The van der Waals surface area contributed by atoms with Crippen molar-refractivity contribution in [3.8, 4) is 22.4 Å². The Morgan fingerprint density at radius 3 is 2.07 bits per heavy atom. The van der Waals surface area contributed by atoms with Crippen LogP contribution in [0.25, 0.3) is 22.4 Å². The average molecular weight is 381 g/mol. The first-order valence-corrected chi connectivity index (χ1v) is 10.9. The lowest BCUT2D eigenvalue weighted by Crippen LogP contribution is -2.03. The summed E-state index contributed by atoms with van der Waals surface area (Å²) in [4.78, 5) is 9.52. The first kappa shape index (κ1) is 19.2. The Labute approximate surface area is 161 Å². The van der Waals surface area contributed by atoms with Crippen LogP contribution in [0, 0.1) is 0 Å². The van der Waals surface area contributed by atoms with Gasteiger partial charge in [0.25, 0.3) is 0 Å². The van der Waals surface area contributed by atoms with E-state index in [1.165, 1.54) is 0 Å². The predicted molar refractivity (Wildman–Crippen MR) is 109 cm³/mol. The highest BCUT2D eigenvalue weighted by atomic mass is 32.2. The number of hydrogen-bond acceptors (Lipinski definition) is 4. The van der Waals surface area contributed by atoms with Crippen LogP contribution in [0.15, 0.2) is 59.8 Å². The summed E-state index contributed by atoms with van der Waals surface area (Å²) < 4.78 is 24.2. The molecule has 0 aliphatic rings. The van der Waals surface area contributed by atoms with Crippen LogP contribution in [0.4, 0.5) is 0 Å². The molecule has 27 heavy (non-hydrogen) atoms. The maximum atomic E-state index is 12.1. The van der Waals surface area contributed by atoms with E-state index in [-0.39, 0.29) is 5.75 Å². The lowest BCUT2D eigenvalue weighted by Gasteiger charge is -2.12. The van der Waals surface area contributed by atoms with E-state index in [0.29, 0.717) is 4.90 Å². The maximum absolute atomic E-state index is 12.1. The molecule has 4 nitrogen and oxygen atoms in total. The Bertz CT molecular complexity index is 1020. The molecule has 140 valence electrons. The highest BCUT2D eigenvalue weighted by Gasteiger charge is 2.14. The van der Waals surface area contributed by atoms with E-state index in [1.54, 1.807) is 19.1 Å². The highest BCUT2D eigenvalue weighted by Crippen LogP contribution is 2.32. The fraction of sp³-hybridized carbons (Fsp3) is 0.273. The molecule has 1 aromatic carbocycles. The summed E-state index contributed by atoms with van der Waals surface area (Å²) in [5.41, 5.74) is 5.92. The Morgan fingerprint density at radius 2 is 1.52 bits per heavy atom. The van der Waals surface area contributed by atoms with Gasteiger partial charge in [-0.25, -0.2) is 8.42 Å². The number of nitrogens with zero attached hydrogens (tertiary/aromatic N) is 2. The molecule has 0 fully saturated rings. The van der Waals surface area contributed by atoms with Crippen LogP contribution >= 0.6 is 0 Å². The highest BCUT2D eigenvalue weighted by molar-refractivity contribution is 7.91. The second-order valence-electron chi connectivity index (χ2n) is 6.41. The Morgan fingerprint density at radius 1 is 0.815 bits per heavy atom. The molecule has 0 saturated heterocycles. The van der Waals surface area contributed by atoms with Crippen LogP contribution < -0.4 is 0 Å². The number of pyridine rings is 2. The first-order valence-electron chi connectivity index (χ1n) is 9.25. The van der Waals surface area contributed by atoms with Crippen molar-refractivity contribution in [3.63, 3.8) is 0 Å². The lowest BCUT2D eigenvalue weighted by atomic mass is 9.98. The molecular formula is C22H24N2O2S. The van der Waals surface area contributed by atoms with E-state index in [4.69, 9.17) is 0 Å². The van der Waals surface area contributed by atoms with Crippen molar-refractivity contribution in [3.05, 3.63) is 66.1 Å². The molecule has 0 aliphatic carbocycles. The van der Waals surface area contributed by atoms with Crippen molar-refractivity contribution >= 4 is 9.84 Å². The van der Waals surface area contributed by atoms with Gasteiger partial charge in [-0.3, -0.25) is 9.97 Å². The summed E-state index contributed by atoms with van der Waals surface area (Å²) in [5, 5.41) is 0. The van der Waals surface area contributed by atoms with E-state index in [2.05, 4.69) is 29.9 Å². The van der Waals surface area contributed by atoms with Gasteiger partial charge in [0, 0.05) is 29.2 Å². The molecule has 0 unspecified atom stereocenters. The molecule has 0 aliphatic heterocycles. The molecule has 5 heteroatoms. The van der Waals surface area contributed by atoms with Gasteiger partial charge in [0.2, 0.25) is 0 Å². The fourth-order valence-corrected chi connectivity index (χ4v) is 3.82. The summed E-state index contributed by atoms with van der Waals surface area (Å²) in [6.07, 6.45) is 5.52. The molecule has 0 bridgehead atoms. The van der Waals surface area contributed by atoms with Crippen molar-refractivity contribution in [2.45, 2.75) is 38.5 Å². The number of aromatic nitrogens is 2. The molecule has 0 spiro atoms. The third-order valence-electron chi connectivity index (χ3n) is 4.72. The quantitative estimate of drug-likeness (QED) is 0.620. The van der Waals surface area contributed by atoms with Crippen molar-refractivity contribution in [1.29, 1.82) is 0 Å². The topological polar surface area (TPSA) is 59.9 Å². The van der Waals surface area contributed by atoms with Crippen molar-refractivity contribution in [2.24, 2.45) is 0 Å². The van der Waals surface area contributed by atoms with Gasteiger partial charge in [0.1, 0.15) is 0 Å². The number of rotatable bonds is 6. The molecule has 0 saturated carbocycles. The minimum Gasteiger partial charge on any atom is -0.261 e. The summed E-state index contributed by atoms with van der Waals surface area (Å²) in [5.74, 6) is 0.0971. The van der Waals surface area contributed by atoms with Crippen LogP contribution in [0.5, 0.6) is 0 Å². The van der Waals surface area contributed by atoms with E-state index in [9.17, 15) is 8.42 Å². The SMILES string of the molecule is CCc1cnc(-c2ccc(CC)nc2)c(-c2ccc(S(=O)(=O)CC)cc2)c1. The number of hydrogen-bond donors (Lipinski definition) is 0. The second kappa shape index (κ2) is 8.01. The predicted octanol–water partition coefficient (Wildman–Crippen LogP) is 4.73. The largest absolute Gasteiger partial charge is 0.261 e. The maximum Gasteiger partial charge on any atom is 0.178 e. The summed E-state index contributed by atoms with van der Waals surface area (Å²) in [6, 6.07) is 13.3. The van der Waals surface area contributed by atoms with Crippen molar-refractivity contribution in [2.75, 3.05) is 5.75 Å². The van der Waals surface area contributed by atoms with E-state index in [1.807, 2.05) is 36.7 Å². The molecule has 0 atom stereocenters. The summed E-state index contributed by atoms with van der Waals surface area (Å²) in [6.45, 7) is 5.82. The molecular weight excluding hydrogens is 356 g/mol. The monoisotopic (exact) mass is 380 g/mol. The second-order valence-corrected chi connectivity index (χ2v) is 8.69. The van der Waals surface area contributed by atoms with Gasteiger partial charge in [0.15, 0.2) is 9.84 Å². The summed E-state index contributed by atoms with van der Waals surface area (Å²) >= 11 is 0. The molecule has 0 amide bonds. The summed E-state index contributed by atoms with van der Waals surface area (Å²) in [7, 11) is -3.21. The van der Waals surface area contributed by atoms with Gasteiger partial charge in [-0.05, 0) is 54.3 Å². The number of aryl methyl sites for hydroxylation is 2. The van der Waals surface area contributed by atoms with E-state index < -0.39 is 9.84 Å². The zero-order chi connectivity index (χ0) is 19.4. The standard InChI is InChI=1S/C22H24N2O2S/c1-4-16-13-21(17-8-11-20(12-9-17)27(25,26)6-3)22(24-14-16)18-7-10-19(5-2)23-15-18/h7-15H,4-6H2,1-3H3. The third-order valence-corrected chi connectivity index (χ3v) is 6.47. The molecule has 3 aromatic rings. The van der Waals surface area contributed by atoms with Gasteiger partial charge in [0.05, 0.1) is 16.3 Å². The van der Waals surface area contributed by atoms with Crippen LogP contribution in [0.1, 0.15) is 32.0 Å². The molecule has 2 aromatic heterocycles. The van der Waals surface area contributed by atoms with Crippen LogP contribution in [0.3, 0.4) is 0 Å². The van der Waals surface area contributed by atoms with Gasteiger partial charge in [-0.15, -0.1) is 0 Å². The first-order chi connectivity index (χ1) is 13.0. The van der Waals surface area contributed by atoms with E-state index in [0.717, 1.165) is 46.5 Å². The van der Waals surface area contributed by atoms with Crippen LogP contribution in [-0.2, 0) is 22.7 Å². The van der Waals surface area contributed by atoms with Gasteiger partial charge in [-0.1, -0.05) is 32.9 Å². The number of benzene rings is 1. The van der Waals surface area contributed by atoms with Gasteiger partial charge in [-0.2, -0.15) is 0 Å². The van der Waals surface area contributed by atoms with Crippen LogP contribution in [-0.4, -0.2) is 24.1 Å². The van der Waals surface area contributed by atoms with Gasteiger partial charge < -0.3 is 0 Å². The molecule has 2 heterocycles. The fourth-order valence-electron chi connectivity index (χ4n) is 2.93. The number of sulfone groups is 1. The van der Waals surface area contributed by atoms with Crippen molar-refractivity contribution < 1.29 is 8.42 Å². The smallest absolute Gasteiger partial charge is 0.178 e. The Kier molecular flexibility index (Phi) is 5.71. The Balaban J connectivity index is 2.10. The van der Waals surface area contributed by atoms with Crippen molar-refractivity contribution in [1.82, 2.24) is 9.97 Å². The van der Waals surface area contributed by atoms with E-state index >= 15 is 0 Å².